The Morgan fingerprint density at radius 3 is 2.69 bits per heavy atom. The maximum atomic E-state index is 11.9. The zero-order valence-corrected chi connectivity index (χ0v) is 9.87. The Kier molecular flexibility index (Phi) is 3.29. The normalized spacial score (nSPS) is 19.4. The highest BCUT2D eigenvalue weighted by Crippen LogP contribution is 2.27. The average Bonchev–Trinajstić information content (AvgIpc) is 2.33. The standard InChI is InChI=1S/C12H13NO2S/c1-16-12-7-11(15)13(12)8-10(14)9-5-3-2-4-6-9/h2-6,12H,7-8H2,1H3. The van der Waals surface area contributed by atoms with Crippen LogP contribution in [0.5, 0.6) is 0 Å². The number of ketones is 1. The molecule has 1 unspecified atom stereocenters. The van der Waals surface area contributed by atoms with Crippen molar-refractivity contribution in [3.63, 3.8) is 0 Å². The fourth-order valence-corrected chi connectivity index (χ4v) is 2.45. The molecule has 4 heteroatoms. The second-order valence-electron chi connectivity index (χ2n) is 3.71. The fourth-order valence-electron chi connectivity index (χ4n) is 1.70. The van der Waals surface area contributed by atoms with Crippen molar-refractivity contribution in [3.05, 3.63) is 35.9 Å². The van der Waals surface area contributed by atoms with Crippen LogP contribution in [-0.4, -0.2) is 34.8 Å². The average molecular weight is 235 g/mol. The van der Waals surface area contributed by atoms with Crippen molar-refractivity contribution in [2.24, 2.45) is 0 Å². The maximum Gasteiger partial charge on any atom is 0.226 e. The highest BCUT2D eigenvalue weighted by Gasteiger charge is 2.36. The van der Waals surface area contributed by atoms with E-state index in [1.807, 2.05) is 24.5 Å². The molecule has 0 radical (unpaired) electrons. The summed E-state index contributed by atoms with van der Waals surface area (Å²) in [4.78, 5) is 24.8. The summed E-state index contributed by atoms with van der Waals surface area (Å²) in [7, 11) is 0. The van der Waals surface area contributed by atoms with E-state index < -0.39 is 0 Å². The monoisotopic (exact) mass is 235 g/mol. The van der Waals surface area contributed by atoms with Gasteiger partial charge in [0.1, 0.15) is 0 Å². The van der Waals surface area contributed by atoms with Gasteiger partial charge in [-0.1, -0.05) is 30.3 Å². The number of hydrogen-bond donors (Lipinski definition) is 0. The number of Topliss-reactive ketones (excluding diaryl/α,β-unsaturated/α-hetero) is 1. The summed E-state index contributed by atoms with van der Waals surface area (Å²) in [6.45, 7) is 0.203. The van der Waals surface area contributed by atoms with Gasteiger partial charge in [-0.25, -0.2) is 0 Å². The number of nitrogens with zero attached hydrogens (tertiary/aromatic N) is 1. The molecule has 1 fully saturated rings. The molecule has 0 spiro atoms. The van der Waals surface area contributed by atoms with Crippen LogP contribution in [0.25, 0.3) is 0 Å². The van der Waals surface area contributed by atoms with Crippen molar-refractivity contribution in [3.8, 4) is 0 Å². The summed E-state index contributed by atoms with van der Waals surface area (Å²) in [5, 5.41) is 0.181. The molecule has 3 nitrogen and oxygen atoms in total. The number of carbonyl (C=O) groups excluding carboxylic acids is 2. The third-order valence-electron chi connectivity index (χ3n) is 2.70. The molecule has 2 rings (SSSR count). The van der Waals surface area contributed by atoms with Gasteiger partial charge in [0, 0.05) is 5.56 Å². The Hall–Kier alpha value is -1.29. The van der Waals surface area contributed by atoms with Crippen molar-refractivity contribution < 1.29 is 9.59 Å². The van der Waals surface area contributed by atoms with Crippen molar-refractivity contribution in [2.45, 2.75) is 11.8 Å². The summed E-state index contributed by atoms with van der Waals surface area (Å²) >= 11 is 1.61. The topological polar surface area (TPSA) is 37.4 Å². The number of thioether (sulfide) groups is 1. The van der Waals surface area contributed by atoms with Gasteiger partial charge in [0.25, 0.3) is 0 Å². The van der Waals surface area contributed by atoms with E-state index in [1.54, 1.807) is 28.8 Å². The summed E-state index contributed by atoms with van der Waals surface area (Å²) in [6, 6.07) is 9.09. The van der Waals surface area contributed by atoms with Crippen LogP contribution in [0.1, 0.15) is 16.8 Å². The molecule has 0 aromatic heterocycles. The number of amides is 1. The molecule has 1 aliphatic rings. The van der Waals surface area contributed by atoms with Gasteiger partial charge in [0.05, 0.1) is 18.3 Å². The lowest BCUT2D eigenvalue weighted by Crippen LogP contribution is -2.52. The van der Waals surface area contributed by atoms with Crippen LogP contribution in [0.15, 0.2) is 30.3 Å². The largest absolute Gasteiger partial charge is 0.322 e. The lowest BCUT2D eigenvalue weighted by atomic mass is 10.1. The second-order valence-corrected chi connectivity index (χ2v) is 4.72. The number of benzene rings is 1. The van der Waals surface area contributed by atoms with Gasteiger partial charge in [0.15, 0.2) is 5.78 Å². The van der Waals surface area contributed by atoms with Crippen molar-refractivity contribution in [1.82, 2.24) is 4.90 Å². The molecule has 84 valence electrons. The third kappa shape index (κ3) is 2.11. The third-order valence-corrected chi connectivity index (χ3v) is 3.66. The lowest BCUT2D eigenvalue weighted by molar-refractivity contribution is -0.140. The van der Waals surface area contributed by atoms with Crippen LogP contribution < -0.4 is 0 Å². The van der Waals surface area contributed by atoms with Gasteiger partial charge in [-0.05, 0) is 6.26 Å². The first-order valence-corrected chi connectivity index (χ1v) is 6.41. The number of rotatable bonds is 4. The summed E-state index contributed by atoms with van der Waals surface area (Å²) in [5.74, 6) is 0.0799. The maximum absolute atomic E-state index is 11.9. The molecular weight excluding hydrogens is 222 g/mol. The summed E-state index contributed by atoms with van der Waals surface area (Å²) < 4.78 is 0. The predicted octanol–water partition coefficient (Wildman–Crippen LogP) is 1.79. The molecule has 0 aliphatic carbocycles. The second kappa shape index (κ2) is 4.70. The number of β-lactam (4-membered cyclic amide) rings is 1. The van der Waals surface area contributed by atoms with Gasteiger partial charge >= 0.3 is 0 Å². The zero-order chi connectivity index (χ0) is 11.5. The molecule has 1 heterocycles. The predicted molar refractivity (Wildman–Crippen MR) is 64.4 cm³/mol. The quantitative estimate of drug-likeness (QED) is 0.590. The van der Waals surface area contributed by atoms with Crippen LogP contribution in [0.3, 0.4) is 0 Å². The van der Waals surface area contributed by atoms with Gasteiger partial charge in [-0.2, -0.15) is 0 Å². The van der Waals surface area contributed by atoms with E-state index in [4.69, 9.17) is 0 Å². The van der Waals surface area contributed by atoms with Crippen molar-refractivity contribution >= 4 is 23.5 Å². The van der Waals surface area contributed by atoms with E-state index in [0.29, 0.717) is 12.0 Å². The Balaban J connectivity index is 2.00. The van der Waals surface area contributed by atoms with Crippen LogP contribution in [0.2, 0.25) is 0 Å². The van der Waals surface area contributed by atoms with Crippen LogP contribution >= 0.6 is 11.8 Å². The van der Waals surface area contributed by atoms with Gasteiger partial charge in [-0.3, -0.25) is 9.59 Å². The van der Waals surface area contributed by atoms with E-state index in [2.05, 4.69) is 0 Å². The first-order chi connectivity index (χ1) is 7.72. The Labute approximate surface area is 98.8 Å². The van der Waals surface area contributed by atoms with E-state index in [0.717, 1.165) is 0 Å². The van der Waals surface area contributed by atoms with E-state index in [9.17, 15) is 9.59 Å². The molecule has 1 aliphatic heterocycles. The molecular formula is C12H13NO2S. The van der Waals surface area contributed by atoms with Gasteiger partial charge < -0.3 is 4.90 Å². The summed E-state index contributed by atoms with van der Waals surface area (Å²) in [6.07, 6.45) is 2.51. The summed E-state index contributed by atoms with van der Waals surface area (Å²) in [5.41, 5.74) is 0.669. The minimum atomic E-state index is 0.00713. The van der Waals surface area contributed by atoms with E-state index >= 15 is 0 Å². The minimum absolute atomic E-state index is 0.00713. The molecule has 16 heavy (non-hydrogen) atoms. The number of carbonyl (C=O) groups is 2. The lowest BCUT2D eigenvalue weighted by Gasteiger charge is -2.38. The van der Waals surface area contributed by atoms with Crippen molar-refractivity contribution in [2.75, 3.05) is 12.8 Å². The fraction of sp³-hybridized carbons (Fsp3) is 0.333. The molecule has 0 N–H and O–H groups in total. The van der Waals surface area contributed by atoms with Crippen LogP contribution in [-0.2, 0) is 4.79 Å². The molecule has 0 saturated carbocycles. The van der Waals surface area contributed by atoms with Crippen LogP contribution in [0.4, 0.5) is 0 Å². The molecule has 1 aromatic carbocycles. The first kappa shape index (κ1) is 11.2. The highest BCUT2D eigenvalue weighted by atomic mass is 32.2. The Bertz CT molecular complexity index is 405. The molecule has 1 saturated heterocycles. The molecule has 0 bridgehead atoms. The zero-order valence-electron chi connectivity index (χ0n) is 9.05. The Morgan fingerprint density at radius 1 is 1.44 bits per heavy atom. The first-order valence-electron chi connectivity index (χ1n) is 5.13. The van der Waals surface area contributed by atoms with E-state index in [-0.39, 0.29) is 23.6 Å². The van der Waals surface area contributed by atoms with Crippen LogP contribution in [0, 0.1) is 0 Å². The number of likely N-dealkylation sites (tertiary alicyclic amines) is 1. The number of hydrogen-bond acceptors (Lipinski definition) is 3. The minimum Gasteiger partial charge on any atom is -0.322 e. The van der Waals surface area contributed by atoms with Crippen molar-refractivity contribution in [1.29, 1.82) is 0 Å². The van der Waals surface area contributed by atoms with Gasteiger partial charge in [-0.15, -0.1) is 11.8 Å². The van der Waals surface area contributed by atoms with Gasteiger partial charge in [0.2, 0.25) is 5.91 Å². The highest BCUT2D eigenvalue weighted by molar-refractivity contribution is 7.99. The Morgan fingerprint density at radius 2 is 2.12 bits per heavy atom. The van der Waals surface area contributed by atoms with E-state index in [1.165, 1.54) is 0 Å². The smallest absolute Gasteiger partial charge is 0.226 e. The molecule has 1 amide bonds. The SMILES string of the molecule is CSC1CC(=O)N1CC(=O)c1ccccc1. The molecule has 1 atom stereocenters. The molecule has 1 aromatic rings.